The minimum Gasteiger partial charge on any atom is -0.495 e. The van der Waals surface area contributed by atoms with Gasteiger partial charge in [-0.15, -0.1) is 12.4 Å². The third kappa shape index (κ3) is 3.55. The summed E-state index contributed by atoms with van der Waals surface area (Å²) in [7, 11) is 1.56. The second kappa shape index (κ2) is 7.36. The van der Waals surface area contributed by atoms with Crippen LogP contribution in [0.5, 0.6) is 5.75 Å². The Morgan fingerprint density at radius 3 is 2.50 bits per heavy atom. The van der Waals surface area contributed by atoms with Gasteiger partial charge in [-0.3, -0.25) is 4.79 Å². The molecule has 1 saturated heterocycles. The number of benzene rings is 1. The van der Waals surface area contributed by atoms with Gasteiger partial charge in [0, 0.05) is 31.7 Å². The molecule has 1 aromatic carbocycles. The van der Waals surface area contributed by atoms with Crippen molar-refractivity contribution in [2.24, 2.45) is 0 Å². The van der Waals surface area contributed by atoms with Crippen molar-refractivity contribution in [3.63, 3.8) is 0 Å². The fraction of sp³-hybridized carbons (Fsp3) is 0.500. The Labute approximate surface area is 126 Å². The summed E-state index contributed by atoms with van der Waals surface area (Å²) in [6, 6.07) is 5.19. The molecule has 1 aliphatic rings. The van der Waals surface area contributed by atoms with Gasteiger partial charge in [0.1, 0.15) is 5.75 Å². The summed E-state index contributed by atoms with van der Waals surface area (Å²) in [4.78, 5) is 16.6. The minimum absolute atomic E-state index is 0. The molecular formula is C14H22ClN3O2. The summed E-state index contributed by atoms with van der Waals surface area (Å²) >= 11 is 0. The Morgan fingerprint density at radius 1 is 1.30 bits per heavy atom. The summed E-state index contributed by atoms with van der Waals surface area (Å²) in [6.07, 6.45) is 0. The quantitative estimate of drug-likeness (QED) is 0.859. The number of hydrogen-bond donors (Lipinski definition) is 1. The Bertz CT molecular complexity index is 460. The molecule has 112 valence electrons. The highest BCUT2D eigenvalue weighted by atomic mass is 35.5. The number of likely N-dealkylation sites (N-methyl/N-ethyl adjacent to an activating group) is 1. The van der Waals surface area contributed by atoms with Crippen LogP contribution in [0.3, 0.4) is 0 Å². The second-order valence-corrected chi connectivity index (χ2v) is 4.68. The van der Waals surface area contributed by atoms with E-state index in [9.17, 15) is 4.79 Å². The number of methoxy groups -OCH3 is 1. The van der Waals surface area contributed by atoms with E-state index in [0.717, 1.165) is 32.7 Å². The molecule has 0 saturated carbocycles. The maximum Gasteiger partial charge on any atom is 0.254 e. The van der Waals surface area contributed by atoms with Crippen molar-refractivity contribution in [3.05, 3.63) is 23.8 Å². The lowest BCUT2D eigenvalue weighted by molar-refractivity contribution is 0.0643. The molecule has 2 rings (SSSR count). The lowest BCUT2D eigenvalue weighted by atomic mass is 10.1. The van der Waals surface area contributed by atoms with Gasteiger partial charge >= 0.3 is 0 Å². The Balaban J connectivity index is 0.00000200. The fourth-order valence-corrected chi connectivity index (χ4v) is 2.29. The van der Waals surface area contributed by atoms with E-state index in [2.05, 4.69) is 11.8 Å². The molecule has 0 unspecified atom stereocenters. The smallest absolute Gasteiger partial charge is 0.254 e. The summed E-state index contributed by atoms with van der Waals surface area (Å²) in [5, 5.41) is 0. The number of halogens is 1. The van der Waals surface area contributed by atoms with E-state index in [1.165, 1.54) is 0 Å². The third-order valence-electron chi connectivity index (χ3n) is 3.59. The molecule has 0 aliphatic carbocycles. The van der Waals surface area contributed by atoms with Crippen LogP contribution in [0.25, 0.3) is 0 Å². The van der Waals surface area contributed by atoms with Gasteiger partial charge in [0.15, 0.2) is 0 Å². The van der Waals surface area contributed by atoms with Crippen LogP contribution < -0.4 is 10.5 Å². The van der Waals surface area contributed by atoms with Gasteiger partial charge in [0.05, 0.1) is 12.8 Å². The molecular weight excluding hydrogens is 278 g/mol. The molecule has 5 nitrogen and oxygen atoms in total. The fourth-order valence-electron chi connectivity index (χ4n) is 2.29. The number of rotatable bonds is 3. The van der Waals surface area contributed by atoms with Crippen LogP contribution in [0, 0.1) is 0 Å². The van der Waals surface area contributed by atoms with Gasteiger partial charge in [0.25, 0.3) is 5.91 Å². The molecule has 1 aliphatic heterocycles. The van der Waals surface area contributed by atoms with E-state index < -0.39 is 0 Å². The van der Waals surface area contributed by atoms with Gasteiger partial charge in [-0.2, -0.15) is 0 Å². The van der Waals surface area contributed by atoms with Crippen LogP contribution in [0.2, 0.25) is 0 Å². The van der Waals surface area contributed by atoms with Crippen molar-refractivity contribution in [1.82, 2.24) is 9.80 Å². The zero-order chi connectivity index (χ0) is 13.8. The average Bonchev–Trinajstić information content (AvgIpc) is 2.47. The Hall–Kier alpha value is -1.46. The highest BCUT2D eigenvalue weighted by Gasteiger charge is 2.21. The number of ether oxygens (including phenoxy) is 1. The monoisotopic (exact) mass is 299 g/mol. The summed E-state index contributed by atoms with van der Waals surface area (Å²) in [5.41, 5.74) is 6.94. The first-order valence-electron chi connectivity index (χ1n) is 6.61. The molecule has 0 bridgehead atoms. The van der Waals surface area contributed by atoms with Gasteiger partial charge in [0.2, 0.25) is 0 Å². The van der Waals surface area contributed by atoms with E-state index in [4.69, 9.17) is 10.5 Å². The maximum atomic E-state index is 12.4. The van der Waals surface area contributed by atoms with Crippen molar-refractivity contribution in [1.29, 1.82) is 0 Å². The number of nitrogens with zero attached hydrogens (tertiary/aromatic N) is 2. The number of piperazine rings is 1. The number of carbonyl (C=O) groups excluding carboxylic acids is 1. The third-order valence-corrected chi connectivity index (χ3v) is 3.59. The predicted octanol–water partition coefficient (Wildman–Crippen LogP) is 1.48. The number of anilines is 1. The van der Waals surface area contributed by atoms with Crippen LogP contribution in [0.1, 0.15) is 17.3 Å². The number of nitrogen functional groups attached to an aromatic ring is 1. The van der Waals surface area contributed by atoms with Crippen molar-refractivity contribution in [2.45, 2.75) is 6.92 Å². The molecule has 2 N–H and O–H groups in total. The lowest BCUT2D eigenvalue weighted by Crippen LogP contribution is -2.48. The summed E-state index contributed by atoms with van der Waals surface area (Å²) in [6.45, 7) is 6.61. The molecule has 1 amide bonds. The van der Waals surface area contributed by atoms with Crippen LogP contribution >= 0.6 is 12.4 Å². The van der Waals surface area contributed by atoms with Crippen LogP contribution in [-0.4, -0.2) is 55.5 Å². The molecule has 0 aromatic heterocycles. The molecule has 0 radical (unpaired) electrons. The van der Waals surface area contributed by atoms with E-state index in [-0.39, 0.29) is 18.3 Å². The summed E-state index contributed by atoms with van der Waals surface area (Å²) < 4.78 is 5.15. The van der Waals surface area contributed by atoms with Crippen molar-refractivity contribution < 1.29 is 9.53 Å². The zero-order valence-electron chi connectivity index (χ0n) is 12.0. The maximum absolute atomic E-state index is 12.4. The van der Waals surface area contributed by atoms with E-state index in [1.807, 2.05) is 4.90 Å². The van der Waals surface area contributed by atoms with Crippen molar-refractivity contribution >= 4 is 24.0 Å². The molecule has 0 atom stereocenters. The predicted molar refractivity (Wildman–Crippen MR) is 82.7 cm³/mol. The first-order valence-corrected chi connectivity index (χ1v) is 6.61. The Kier molecular flexibility index (Phi) is 6.10. The van der Waals surface area contributed by atoms with E-state index in [0.29, 0.717) is 17.0 Å². The molecule has 1 fully saturated rings. The lowest BCUT2D eigenvalue weighted by Gasteiger charge is -2.34. The number of carbonyl (C=O) groups is 1. The molecule has 1 heterocycles. The SMILES string of the molecule is CCN1CCN(C(=O)c2ccc(N)c(OC)c2)CC1.Cl. The highest BCUT2D eigenvalue weighted by Crippen LogP contribution is 2.23. The topological polar surface area (TPSA) is 58.8 Å². The van der Waals surface area contributed by atoms with Gasteiger partial charge in [-0.05, 0) is 24.7 Å². The van der Waals surface area contributed by atoms with Crippen LogP contribution in [-0.2, 0) is 0 Å². The normalized spacial score (nSPS) is 15.6. The molecule has 1 aromatic rings. The second-order valence-electron chi connectivity index (χ2n) is 4.68. The number of hydrogen-bond acceptors (Lipinski definition) is 4. The number of nitrogens with two attached hydrogens (primary N) is 1. The molecule has 6 heteroatoms. The Morgan fingerprint density at radius 2 is 1.95 bits per heavy atom. The highest BCUT2D eigenvalue weighted by molar-refractivity contribution is 5.95. The van der Waals surface area contributed by atoms with Crippen LogP contribution in [0.15, 0.2) is 18.2 Å². The average molecular weight is 300 g/mol. The van der Waals surface area contributed by atoms with Crippen LogP contribution in [0.4, 0.5) is 5.69 Å². The van der Waals surface area contributed by atoms with Gasteiger partial charge in [-0.1, -0.05) is 6.92 Å². The van der Waals surface area contributed by atoms with E-state index >= 15 is 0 Å². The van der Waals surface area contributed by atoms with Gasteiger partial charge in [-0.25, -0.2) is 0 Å². The largest absolute Gasteiger partial charge is 0.495 e. The van der Waals surface area contributed by atoms with Crippen molar-refractivity contribution in [2.75, 3.05) is 45.6 Å². The van der Waals surface area contributed by atoms with Crippen molar-refractivity contribution in [3.8, 4) is 5.75 Å². The first-order chi connectivity index (χ1) is 9.15. The summed E-state index contributed by atoms with van der Waals surface area (Å²) in [5.74, 6) is 0.604. The minimum atomic E-state index is 0. The molecule has 0 spiro atoms. The molecule has 20 heavy (non-hydrogen) atoms. The standard InChI is InChI=1S/C14H21N3O2.ClH/c1-3-16-6-8-17(9-7-16)14(18)11-4-5-12(15)13(10-11)19-2;/h4-5,10H,3,6-9,15H2,1-2H3;1H. The first kappa shape index (κ1) is 16.6. The van der Waals surface area contributed by atoms with E-state index in [1.54, 1.807) is 25.3 Å². The number of amides is 1. The van der Waals surface area contributed by atoms with Gasteiger partial charge < -0.3 is 20.3 Å². The zero-order valence-corrected chi connectivity index (χ0v) is 12.8.